The number of likely N-dealkylation sites (tertiary alicyclic amines) is 1. The van der Waals surface area contributed by atoms with Gasteiger partial charge in [-0.25, -0.2) is 0 Å². The van der Waals surface area contributed by atoms with Crippen molar-refractivity contribution in [3.8, 4) is 0 Å². The van der Waals surface area contributed by atoms with E-state index in [-0.39, 0.29) is 5.41 Å². The molecule has 0 spiro atoms. The van der Waals surface area contributed by atoms with Crippen molar-refractivity contribution >= 4 is 0 Å². The van der Waals surface area contributed by atoms with Gasteiger partial charge in [-0.2, -0.15) is 0 Å². The fourth-order valence-corrected chi connectivity index (χ4v) is 2.79. The molecule has 0 bridgehead atoms. The molecule has 1 heterocycles. The lowest BCUT2D eigenvalue weighted by Crippen LogP contribution is -2.44. The first-order valence-corrected chi connectivity index (χ1v) is 6.43. The Kier molecular flexibility index (Phi) is 5.73. The van der Waals surface area contributed by atoms with Crippen molar-refractivity contribution in [1.82, 2.24) is 10.2 Å². The average molecular weight is 228 g/mol. The highest BCUT2D eigenvalue weighted by atomic mass is 16.5. The summed E-state index contributed by atoms with van der Waals surface area (Å²) in [4.78, 5) is 2.60. The van der Waals surface area contributed by atoms with Crippen molar-refractivity contribution in [3.05, 3.63) is 0 Å². The second-order valence-electron chi connectivity index (χ2n) is 5.90. The van der Waals surface area contributed by atoms with E-state index in [4.69, 9.17) is 4.74 Å². The molecule has 0 aromatic rings. The van der Waals surface area contributed by atoms with E-state index in [1.54, 1.807) is 7.11 Å². The molecule has 0 aliphatic carbocycles. The van der Waals surface area contributed by atoms with E-state index in [1.165, 1.54) is 25.9 Å². The molecule has 0 saturated carbocycles. The van der Waals surface area contributed by atoms with Crippen molar-refractivity contribution in [2.75, 3.05) is 46.9 Å². The number of hydrogen-bond acceptors (Lipinski definition) is 3. The molecule has 3 heteroatoms. The normalized spacial score (nSPS) is 23.6. The molecule has 1 N–H and O–H groups in total. The number of nitrogens with zero attached hydrogens (tertiary/aromatic N) is 1. The lowest BCUT2D eigenvalue weighted by atomic mass is 9.91. The minimum absolute atomic E-state index is 0.274. The van der Waals surface area contributed by atoms with E-state index in [1.807, 2.05) is 7.05 Å². The Hall–Kier alpha value is -0.120. The largest absolute Gasteiger partial charge is 0.384 e. The number of hydrogen-bond donors (Lipinski definition) is 1. The molecule has 3 nitrogen and oxygen atoms in total. The Morgan fingerprint density at radius 3 is 2.81 bits per heavy atom. The molecule has 96 valence electrons. The Labute approximate surface area is 101 Å². The van der Waals surface area contributed by atoms with Crippen molar-refractivity contribution in [2.45, 2.75) is 26.7 Å². The Bertz CT molecular complexity index is 192. The lowest BCUT2D eigenvalue weighted by Gasteiger charge is -2.37. The van der Waals surface area contributed by atoms with Gasteiger partial charge < -0.3 is 15.0 Å². The van der Waals surface area contributed by atoms with Crippen LogP contribution >= 0.6 is 0 Å². The molecule has 1 rings (SSSR count). The number of rotatable bonds is 6. The van der Waals surface area contributed by atoms with E-state index in [9.17, 15) is 0 Å². The maximum atomic E-state index is 5.28. The molecule has 16 heavy (non-hydrogen) atoms. The number of methoxy groups -OCH3 is 1. The van der Waals surface area contributed by atoms with Crippen molar-refractivity contribution in [1.29, 1.82) is 0 Å². The van der Waals surface area contributed by atoms with E-state index in [0.717, 1.165) is 25.6 Å². The Morgan fingerprint density at radius 1 is 1.44 bits per heavy atom. The summed E-state index contributed by atoms with van der Waals surface area (Å²) < 4.78 is 5.28. The highest BCUT2D eigenvalue weighted by molar-refractivity contribution is 4.79. The first-order valence-electron chi connectivity index (χ1n) is 6.43. The van der Waals surface area contributed by atoms with E-state index >= 15 is 0 Å². The summed E-state index contributed by atoms with van der Waals surface area (Å²) in [7, 11) is 3.84. The maximum absolute atomic E-state index is 5.28. The molecule has 1 aliphatic rings. The van der Waals surface area contributed by atoms with Crippen LogP contribution in [0.3, 0.4) is 0 Å². The first kappa shape index (κ1) is 13.9. The smallest absolute Gasteiger partial charge is 0.0525 e. The van der Waals surface area contributed by atoms with Gasteiger partial charge in [-0.3, -0.25) is 0 Å². The zero-order valence-electron chi connectivity index (χ0n) is 11.4. The number of piperidine rings is 1. The molecule has 1 atom stereocenters. The first-order chi connectivity index (χ1) is 7.57. The van der Waals surface area contributed by atoms with Gasteiger partial charge in [0, 0.05) is 25.6 Å². The van der Waals surface area contributed by atoms with Crippen LogP contribution in [0.25, 0.3) is 0 Å². The number of ether oxygens (including phenoxy) is 1. The maximum Gasteiger partial charge on any atom is 0.0525 e. The summed E-state index contributed by atoms with van der Waals surface area (Å²) in [6.07, 6.45) is 2.72. The van der Waals surface area contributed by atoms with Gasteiger partial charge in [0.15, 0.2) is 0 Å². The third-order valence-corrected chi connectivity index (χ3v) is 3.28. The summed E-state index contributed by atoms with van der Waals surface area (Å²) in [5.74, 6) is 0.831. The predicted octanol–water partition coefficient (Wildman–Crippen LogP) is 1.59. The lowest BCUT2D eigenvalue weighted by molar-refractivity contribution is 0.0537. The standard InChI is InChI=1S/C13H28N2O/c1-13(2,11-16-4)10-15-7-5-6-12(9-15)8-14-3/h12,14H,5-11H2,1-4H3. The monoisotopic (exact) mass is 228 g/mol. The number of nitrogens with one attached hydrogen (secondary N) is 1. The highest BCUT2D eigenvalue weighted by Crippen LogP contribution is 2.22. The molecule has 1 fully saturated rings. The van der Waals surface area contributed by atoms with Gasteiger partial charge in [0.25, 0.3) is 0 Å². The molecule has 0 aromatic heterocycles. The molecule has 0 radical (unpaired) electrons. The third-order valence-electron chi connectivity index (χ3n) is 3.28. The molecule has 0 aromatic carbocycles. The summed E-state index contributed by atoms with van der Waals surface area (Å²) in [5, 5.41) is 3.29. The minimum atomic E-state index is 0.274. The SMILES string of the molecule is CNCC1CCCN(CC(C)(C)COC)C1. The fourth-order valence-electron chi connectivity index (χ4n) is 2.79. The zero-order valence-corrected chi connectivity index (χ0v) is 11.4. The zero-order chi connectivity index (χ0) is 12.0. The molecule has 0 amide bonds. The Balaban J connectivity index is 2.36. The van der Waals surface area contributed by atoms with Crippen LogP contribution in [-0.2, 0) is 4.74 Å². The minimum Gasteiger partial charge on any atom is -0.384 e. The van der Waals surface area contributed by atoms with Crippen LogP contribution in [0.1, 0.15) is 26.7 Å². The van der Waals surface area contributed by atoms with Gasteiger partial charge in [-0.05, 0) is 38.9 Å². The van der Waals surface area contributed by atoms with Gasteiger partial charge >= 0.3 is 0 Å². The Morgan fingerprint density at radius 2 is 2.19 bits per heavy atom. The van der Waals surface area contributed by atoms with Crippen LogP contribution in [0.5, 0.6) is 0 Å². The molecule has 1 aliphatic heterocycles. The third kappa shape index (κ3) is 4.81. The van der Waals surface area contributed by atoms with Gasteiger partial charge in [0.05, 0.1) is 6.61 Å². The van der Waals surface area contributed by atoms with Gasteiger partial charge in [-0.1, -0.05) is 13.8 Å². The predicted molar refractivity (Wildman–Crippen MR) is 68.7 cm³/mol. The van der Waals surface area contributed by atoms with E-state index in [0.29, 0.717) is 0 Å². The van der Waals surface area contributed by atoms with Crippen LogP contribution in [-0.4, -0.2) is 51.8 Å². The summed E-state index contributed by atoms with van der Waals surface area (Å²) in [6.45, 7) is 10.2. The van der Waals surface area contributed by atoms with Gasteiger partial charge in [-0.15, -0.1) is 0 Å². The highest BCUT2D eigenvalue weighted by Gasteiger charge is 2.25. The second kappa shape index (κ2) is 6.58. The summed E-state index contributed by atoms with van der Waals surface area (Å²) >= 11 is 0. The second-order valence-corrected chi connectivity index (χ2v) is 5.90. The van der Waals surface area contributed by atoms with Crippen molar-refractivity contribution < 1.29 is 4.74 Å². The fraction of sp³-hybridized carbons (Fsp3) is 1.00. The van der Waals surface area contributed by atoms with Crippen LogP contribution < -0.4 is 5.32 Å². The molecular formula is C13H28N2O. The molecule has 1 saturated heterocycles. The van der Waals surface area contributed by atoms with E-state index < -0.39 is 0 Å². The molecular weight excluding hydrogens is 200 g/mol. The van der Waals surface area contributed by atoms with Gasteiger partial charge in [0.1, 0.15) is 0 Å². The van der Waals surface area contributed by atoms with Crippen LogP contribution in [0.2, 0.25) is 0 Å². The summed E-state index contributed by atoms with van der Waals surface area (Å²) in [5.41, 5.74) is 0.274. The van der Waals surface area contributed by atoms with Crippen molar-refractivity contribution in [2.24, 2.45) is 11.3 Å². The average Bonchev–Trinajstić information content (AvgIpc) is 2.17. The van der Waals surface area contributed by atoms with E-state index in [2.05, 4.69) is 24.1 Å². The topological polar surface area (TPSA) is 24.5 Å². The van der Waals surface area contributed by atoms with Crippen molar-refractivity contribution in [3.63, 3.8) is 0 Å². The summed E-state index contributed by atoms with van der Waals surface area (Å²) in [6, 6.07) is 0. The van der Waals surface area contributed by atoms with Crippen LogP contribution in [0.4, 0.5) is 0 Å². The molecule has 1 unspecified atom stereocenters. The quantitative estimate of drug-likeness (QED) is 0.747. The van der Waals surface area contributed by atoms with Crippen LogP contribution in [0, 0.1) is 11.3 Å². The van der Waals surface area contributed by atoms with Crippen LogP contribution in [0.15, 0.2) is 0 Å². The van der Waals surface area contributed by atoms with Gasteiger partial charge in [0.2, 0.25) is 0 Å².